The summed E-state index contributed by atoms with van der Waals surface area (Å²) in [7, 11) is 0. The molecule has 1 nitrogen and oxygen atoms in total. The first-order valence-electron chi connectivity index (χ1n) is 3.07. The zero-order valence-corrected chi connectivity index (χ0v) is 4.90. The number of alkyl halides is 2. The Morgan fingerprint density at radius 2 is 1.67 bits per heavy atom. The van der Waals surface area contributed by atoms with Gasteiger partial charge in [0.2, 0.25) is 6.43 Å². The third-order valence-electron chi connectivity index (χ3n) is 2.51. The summed E-state index contributed by atoms with van der Waals surface area (Å²) in [4.78, 5) is 0. The van der Waals surface area contributed by atoms with Crippen LogP contribution in [0.3, 0.4) is 0 Å². The van der Waals surface area contributed by atoms with E-state index in [1.165, 1.54) is 0 Å². The molecular formula is C6H8F2O. The molecule has 0 aliphatic heterocycles. The van der Waals surface area contributed by atoms with E-state index >= 15 is 0 Å². The van der Waals surface area contributed by atoms with Gasteiger partial charge >= 0.3 is 0 Å². The number of halogens is 2. The third kappa shape index (κ3) is 0.467. The van der Waals surface area contributed by atoms with Gasteiger partial charge in [0.05, 0.1) is 5.60 Å². The SMILES string of the molecule is OC12CC(C(F)F)(C1)C2. The fraction of sp³-hybridized carbons (Fsp3) is 1.00. The van der Waals surface area contributed by atoms with Crippen molar-refractivity contribution in [2.75, 3.05) is 0 Å². The van der Waals surface area contributed by atoms with Crippen molar-refractivity contribution in [3.05, 3.63) is 0 Å². The summed E-state index contributed by atoms with van der Waals surface area (Å²) in [6.07, 6.45) is -1.22. The van der Waals surface area contributed by atoms with E-state index < -0.39 is 17.4 Å². The van der Waals surface area contributed by atoms with Crippen LogP contribution in [0.1, 0.15) is 19.3 Å². The first-order valence-corrected chi connectivity index (χ1v) is 3.07. The van der Waals surface area contributed by atoms with E-state index in [9.17, 15) is 8.78 Å². The third-order valence-corrected chi connectivity index (χ3v) is 2.51. The second kappa shape index (κ2) is 1.15. The van der Waals surface area contributed by atoms with E-state index in [4.69, 9.17) is 5.11 Å². The molecule has 0 aromatic heterocycles. The van der Waals surface area contributed by atoms with E-state index in [2.05, 4.69) is 0 Å². The van der Waals surface area contributed by atoms with E-state index in [0.29, 0.717) is 19.3 Å². The van der Waals surface area contributed by atoms with E-state index in [1.807, 2.05) is 0 Å². The summed E-state index contributed by atoms with van der Waals surface area (Å²) in [5, 5.41) is 9.06. The second-order valence-corrected chi connectivity index (χ2v) is 3.42. The zero-order chi connectivity index (χ0) is 6.70. The first kappa shape index (κ1) is 5.59. The predicted molar refractivity (Wildman–Crippen MR) is 27.2 cm³/mol. The second-order valence-electron chi connectivity index (χ2n) is 3.42. The molecular weight excluding hydrogens is 126 g/mol. The molecule has 0 spiro atoms. The van der Waals surface area contributed by atoms with Gasteiger partial charge in [0, 0.05) is 5.41 Å². The van der Waals surface area contributed by atoms with Gasteiger partial charge in [0.15, 0.2) is 0 Å². The molecule has 9 heavy (non-hydrogen) atoms. The topological polar surface area (TPSA) is 20.2 Å². The van der Waals surface area contributed by atoms with Crippen LogP contribution in [0.4, 0.5) is 8.78 Å². The molecule has 2 bridgehead atoms. The van der Waals surface area contributed by atoms with Crippen molar-refractivity contribution in [2.24, 2.45) is 5.41 Å². The van der Waals surface area contributed by atoms with Crippen molar-refractivity contribution in [3.63, 3.8) is 0 Å². The predicted octanol–water partition coefficient (Wildman–Crippen LogP) is 1.17. The van der Waals surface area contributed by atoms with Crippen LogP contribution in [-0.4, -0.2) is 17.1 Å². The van der Waals surface area contributed by atoms with Gasteiger partial charge in [-0.2, -0.15) is 0 Å². The van der Waals surface area contributed by atoms with Gasteiger partial charge in [0.25, 0.3) is 0 Å². The highest BCUT2D eigenvalue weighted by molar-refractivity contribution is 5.19. The molecule has 3 heteroatoms. The molecule has 3 aliphatic carbocycles. The van der Waals surface area contributed by atoms with Gasteiger partial charge in [-0.3, -0.25) is 0 Å². The van der Waals surface area contributed by atoms with Crippen molar-refractivity contribution in [1.29, 1.82) is 0 Å². The summed E-state index contributed by atoms with van der Waals surface area (Å²) in [6, 6.07) is 0. The van der Waals surface area contributed by atoms with E-state index in [1.54, 1.807) is 0 Å². The Morgan fingerprint density at radius 3 is 1.78 bits per heavy atom. The minimum atomic E-state index is -2.22. The fourth-order valence-electron chi connectivity index (χ4n) is 2.04. The summed E-state index contributed by atoms with van der Waals surface area (Å²) in [6.45, 7) is 0. The van der Waals surface area contributed by atoms with Crippen LogP contribution in [0, 0.1) is 5.41 Å². The maximum atomic E-state index is 12.0. The summed E-state index contributed by atoms with van der Waals surface area (Å²) in [5.41, 5.74) is -1.43. The molecule has 0 radical (unpaired) electrons. The van der Waals surface area contributed by atoms with Crippen molar-refractivity contribution < 1.29 is 13.9 Å². The summed E-state index contributed by atoms with van der Waals surface area (Å²) in [5.74, 6) is 0. The Morgan fingerprint density at radius 1 is 1.22 bits per heavy atom. The highest BCUT2D eigenvalue weighted by atomic mass is 19.3. The largest absolute Gasteiger partial charge is 0.390 e. The lowest BCUT2D eigenvalue weighted by Gasteiger charge is -2.66. The highest BCUT2D eigenvalue weighted by Gasteiger charge is 2.71. The smallest absolute Gasteiger partial charge is 0.244 e. The van der Waals surface area contributed by atoms with Gasteiger partial charge in [-0.15, -0.1) is 0 Å². The van der Waals surface area contributed by atoms with Crippen molar-refractivity contribution >= 4 is 0 Å². The minimum Gasteiger partial charge on any atom is -0.390 e. The molecule has 3 aliphatic rings. The molecule has 0 heterocycles. The molecule has 0 amide bonds. The molecule has 0 atom stereocenters. The molecule has 52 valence electrons. The standard InChI is InChI=1S/C6H8F2O/c7-4(8)5-1-6(9,2-5)3-5/h4,9H,1-3H2. The quantitative estimate of drug-likeness (QED) is 0.570. The number of hydrogen-bond donors (Lipinski definition) is 1. The summed E-state index contributed by atoms with van der Waals surface area (Å²) < 4.78 is 23.9. The Bertz CT molecular complexity index is 135. The number of hydrogen-bond acceptors (Lipinski definition) is 1. The van der Waals surface area contributed by atoms with Crippen LogP contribution in [0.15, 0.2) is 0 Å². The molecule has 0 unspecified atom stereocenters. The fourth-order valence-corrected chi connectivity index (χ4v) is 2.04. The molecule has 3 saturated carbocycles. The van der Waals surface area contributed by atoms with Gasteiger partial charge < -0.3 is 5.11 Å². The zero-order valence-electron chi connectivity index (χ0n) is 4.90. The van der Waals surface area contributed by atoms with Crippen LogP contribution in [0.5, 0.6) is 0 Å². The number of aliphatic hydroxyl groups is 1. The van der Waals surface area contributed by atoms with Crippen LogP contribution in [-0.2, 0) is 0 Å². The van der Waals surface area contributed by atoms with Crippen LogP contribution >= 0.6 is 0 Å². The monoisotopic (exact) mass is 134 g/mol. The van der Waals surface area contributed by atoms with Gasteiger partial charge in [0.1, 0.15) is 0 Å². The average molecular weight is 134 g/mol. The maximum absolute atomic E-state index is 12.0. The van der Waals surface area contributed by atoms with Crippen molar-refractivity contribution in [3.8, 4) is 0 Å². The van der Waals surface area contributed by atoms with Gasteiger partial charge in [-0.25, -0.2) is 8.78 Å². The van der Waals surface area contributed by atoms with Crippen LogP contribution in [0.2, 0.25) is 0 Å². The average Bonchev–Trinajstić information content (AvgIpc) is 1.54. The van der Waals surface area contributed by atoms with Gasteiger partial charge in [-0.05, 0) is 19.3 Å². The van der Waals surface area contributed by atoms with Crippen LogP contribution in [0.25, 0.3) is 0 Å². The lowest BCUT2D eigenvalue weighted by atomic mass is 9.41. The normalized spacial score (nSPS) is 54.7. The lowest BCUT2D eigenvalue weighted by Crippen LogP contribution is -2.69. The van der Waals surface area contributed by atoms with Crippen LogP contribution < -0.4 is 0 Å². The lowest BCUT2D eigenvalue weighted by molar-refractivity contribution is -0.304. The Hall–Kier alpha value is -0.180. The van der Waals surface area contributed by atoms with Crippen molar-refractivity contribution in [2.45, 2.75) is 31.3 Å². The first-order chi connectivity index (χ1) is 4.06. The Labute approximate surface area is 51.7 Å². The van der Waals surface area contributed by atoms with Crippen molar-refractivity contribution in [1.82, 2.24) is 0 Å². The highest BCUT2D eigenvalue weighted by Crippen LogP contribution is 2.69. The molecule has 0 aromatic carbocycles. The molecule has 3 fully saturated rings. The molecule has 0 aromatic rings. The molecule has 0 saturated heterocycles. The van der Waals surface area contributed by atoms with Gasteiger partial charge in [-0.1, -0.05) is 0 Å². The van der Waals surface area contributed by atoms with E-state index in [0.717, 1.165) is 0 Å². The number of rotatable bonds is 1. The Kier molecular flexibility index (Phi) is 0.712. The maximum Gasteiger partial charge on any atom is 0.244 e. The minimum absolute atomic E-state index is 0.331. The Balaban J connectivity index is 2.04. The van der Waals surface area contributed by atoms with E-state index in [-0.39, 0.29) is 0 Å². The molecule has 3 rings (SSSR count). The summed E-state index contributed by atoms with van der Waals surface area (Å²) >= 11 is 0. The molecule has 1 N–H and O–H groups in total.